The second-order valence-corrected chi connectivity index (χ2v) is 5.72. The van der Waals surface area contributed by atoms with E-state index in [0.29, 0.717) is 29.8 Å². The average molecular weight is 340 g/mol. The van der Waals surface area contributed by atoms with Crippen molar-refractivity contribution in [1.29, 1.82) is 0 Å². The van der Waals surface area contributed by atoms with Gasteiger partial charge in [0.15, 0.2) is 0 Å². The molecule has 130 valence electrons. The molecule has 2 aromatic rings. The van der Waals surface area contributed by atoms with Gasteiger partial charge in [-0.3, -0.25) is 9.59 Å². The Kier molecular flexibility index (Phi) is 6.06. The van der Waals surface area contributed by atoms with Crippen molar-refractivity contribution >= 4 is 17.5 Å². The fraction of sp³-hybridized carbons (Fsp3) is 0.200. The lowest BCUT2D eigenvalue weighted by Crippen LogP contribution is -2.29. The summed E-state index contributed by atoms with van der Waals surface area (Å²) >= 11 is 0. The zero-order chi connectivity index (χ0) is 18.4. The van der Waals surface area contributed by atoms with Crippen molar-refractivity contribution in [2.45, 2.75) is 6.42 Å². The largest absolute Gasteiger partial charge is 0.341 e. The fourth-order valence-electron chi connectivity index (χ4n) is 2.40. The lowest BCUT2D eigenvalue weighted by atomic mass is 10.1. The number of carbonyl (C=O) groups is 2. The molecule has 2 amide bonds. The molecule has 0 heterocycles. The Morgan fingerprint density at radius 2 is 1.72 bits per heavy atom. The van der Waals surface area contributed by atoms with E-state index >= 15 is 0 Å². The van der Waals surface area contributed by atoms with Crippen LogP contribution in [0.5, 0.6) is 0 Å². The highest BCUT2D eigenvalue weighted by Gasteiger charge is 2.14. The SMILES string of the molecule is C=CC(=O)N(C)c1ccc(C(=O)N(C)CCc2ccccc2F)cc1. The maximum atomic E-state index is 13.6. The normalized spacial score (nSPS) is 10.2. The van der Waals surface area contributed by atoms with Crippen LogP contribution in [0.3, 0.4) is 0 Å². The van der Waals surface area contributed by atoms with Crippen LogP contribution in [0.2, 0.25) is 0 Å². The second kappa shape index (κ2) is 8.24. The van der Waals surface area contributed by atoms with E-state index in [1.54, 1.807) is 61.5 Å². The van der Waals surface area contributed by atoms with Gasteiger partial charge in [0.2, 0.25) is 5.91 Å². The highest BCUT2D eigenvalue weighted by Crippen LogP contribution is 2.16. The standard InChI is InChI=1S/C20H21FN2O2/c1-4-19(24)23(3)17-11-9-16(10-12-17)20(25)22(2)14-13-15-7-5-6-8-18(15)21/h4-12H,1,13-14H2,2-3H3. The first kappa shape index (κ1) is 18.4. The van der Waals surface area contributed by atoms with Gasteiger partial charge < -0.3 is 9.80 Å². The van der Waals surface area contributed by atoms with E-state index in [1.807, 2.05) is 0 Å². The van der Waals surface area contributed by atoms with E-state index in [0.717, 1.165) is 0 Å². The number of anilines is 1. The van der Waals surface area contributed by atoms with Crippen molar-refractivity contribution in [2.24, 2.45) is 0 Å². The van der Waals surface area contributed by atoms with E-state index in [4.69, 9.17) is 0 Å². The predicted molar refractivity (Wildman–Crippen MR) is 97.1 cm³/mol. The number of nitrogens with zero attached hydrogens (tertiary/aromatic N) is 2. The highest BCUT2D eigenvalue weighted by molar-refractivity contribution is 6.01. The van der Waals surface area contributed by atoms with Crippen molar-refractivity contribution in [3.8, 4) is 0 Å². The summed E-state index contributed by atoms with van der Waals surface area (Å²) in [5, 5.41) is 0. The molecule has 0 unspecified atom stereocenters. The lowest BCUT2D eigenvalue weighted by Gasteiger charge is -2.19. The van der Waals surface area contributed by atoms with E-state index in [1.165, 1.54) is 17.0 Å². The minimum Gasteiger partial charge on any atom is -0.341 e. The van der Waals surface area contributed by atoms with Crippen LogP contribution in [0.1, 0.15) is 15.9 Å². The third-order valence-corrected chi connectivity index (χ3v) is 4.03. The topological polar surface area (TPSA) is 40.6 Å². The molecule has 0 radical (unpaired) electrons. The molecule has 0 saturated heterocycles. The summed E-state index contributed by atoms with van der Waals surface area (Å²) in [7, 11) is 3.33. The molecule has 2 rings (SSSR count). The van der Waals surface area contributed by atoms with Gasteiger partial charge in [0.1, 0.15) is 5.82 Å². The third kappa shape index (κ3) is 4.53. The molecule has 2 aromatic carbocycles. The number of hydrogen-bond donors (Lipinski definition) is 0. The Balaban J connectivity index is 2.01. The molecular weight excluding hydrogens is 319 g/mol. The zero-order valence-electron chi connectivity index (χ0n) is 14.4. The smallest absolute Gasteiger partial charge is 0.253 e. The van der Waals surface area contributed by atoms with Gasteiger partial charge in [-0.05, 0) is 48.4 Å². The first-order chi connectivity index (χ1) is 11.9. The Bertz CT molecular complexity index is 772. The molecule has 0 saturated carbocycles. The van der Waals surface area contributed by atoms with Crippen LogP contribution < -0.4 is 4.90 Å². The summed E-state index contributed by atoms with van der Waals surface area (Å²) in [6.07, 6.45) is 1.68. The first-order valence-electron chi connectivity index (χ1n) is 7.93. The summed E-state index contributed by atoms with van der Waals surface area (Å²) < 4.78 is 13.6. The number of halogens is 1. The summed E-state index contributed by atoms with van der Waals surface area (Å²) in [6.45, 7) is 3.86. The molecule has 25 heavy (non-hydrogen) atoms. The number of hydrogen-bond acceptors (Lipinski definition) is 2. The molecule has 0 aliphatic rings. The van der Waals surface area contributed by atoms with Crippen LogP contribution in [0.25, 0.3) is 0 Å². The Morgan fingerprint density at radius 1 is 1.08 bits per heavy atom. The van der Waals surface area contributed by atoms with Gasteiger partial charge in [0, 0.05) is 31.9 Å². The average Bonchev–Trinajstić information content (AvgIpc) is 2.65. The summed E-state index contributed by atoms with van der Waals surface area (Å²) in [5.74, 6) is -0.635. The van der Waals surface area contributed by atoms with E-state index in [2.05, 4.69) is 6.58 Å². The van der Waals surface area contributed by atoms with Crippen molar-refractivity contribution in [1.82, 2.24) is 4.90 Å². The monoisotopic (exact) mass is 340 g/mol. The van der Waals surface area contributed by atoms with E-state index < -0.39 is 0 Å². The van der Waals surface area contributed by atoms with Crippen LogP contribution in [0.4, 0.5) is 10.1 Å². The summed E-state index contributed by atoms with van der Waals surface area (Å²) in [5.41, 5.74) is 1.77. The molecule has 0 spiro atoms. The minimum absolute atomic E-state index is 0.152. The zero-order valence-corrected chi connectivity index (χ0v) is 14.4. The van der Waals surface area contributed by atoms with Gasteiger partial charge >= 0.3 is 0 Å². The van der Waals surface area contributed by atoms with Gasteiger partial charge in [-0.15, -0.1) is 0 Å². The van der Waals surface area contributed by atoms with E-state index in [-0.39, 0.29) is 17.6 Å². The maximum Gasteiger partial charge on any atom is 0.253 e. The van der Waals surface area contributed by atoms with E-state index in [9.17, 15) is 14.0 Å². The number of amides is 2. The molecule has 4 nitrogen and oxygen atoms in total. The van der Waals surface area contributed by atoms with Crippen molar-refractivity contribution in [3.63, 3.8) is 0 Å². The number of carbonyl (C=O) groups excluding carboxylic acids is 2. The Labute approximate surface area is 147 Å². The molecule has 0 N–H and O–H groups in total. The van der Waals surface area contributed by atoms with Crippen LogP contribution in [-0.4, -0.2) is 37.4 Å². The predicted octanol–water partition coefficient (Wildman–Crippen LogP) is 3.29. The minimum atomic E-state index is -0.261. The van der Waals surface area contributed by atoms with Crippen molar-refractivity contribution < 1.29 is 14.0 Å². The van der Waals surface area contributed by atoms with Crippen LogP contribution in [0.15, 0.2) is 61.2 Å². The molecule has 0 aliphatic carbocycles. The maximum absolute atomic E-state index is 13.6. The molecule has 0 aromatic heterocycles. The van der Waals surface area contributed by atoms with Gasteiger partial charge in [0.05, 0.1) is 0 Å². The summed E-state index contributed by atoms with van der Waals surface area (Å²) in [4.78, 5) is 27.0. The molecule has 0 atom stereocenters. The molecule has 0 fully saturated rings. The lowest BCUT2D eigenvalue weighted by molar-refractivity contribution is -0.113. The number of rotatable bonds is 6. The third-order valence-electron chi connectivity index (χ3n) is 4.03. The van der Waals surface area contributed by atoms with Crippen LogP contribution in [-0.2, 0) is 11.2 Å². The molecule has 5 heteroatoms. The van der Waals surface area contributed by atoms with Crippen molar-refractivity contribution in [3.05, 3.63) is 78.1 Å². The fourth-order valence-corrected chi connectivity index (χ4v) is 2.40. The number of benzene rings is 2. The molecular formula is C20H21FN2O2. The Morgan fingerprint density at radius 3 is 2.32 bits per heavy atom. The van der Waals surface area contributed by atoms with Gasteiger partial charge in [-0.1, -0.05) is 24.8 Å². The van der Waals surface area contributed by atoms with Crippen molar-refractivity contribution in [2.75, 3.05) is 25.5 Å². The molecule has 0 bridgehead atoms. The van der Waals surface area contributed by atoms with Crippen LogP contribution >= 0.6 is 0 Å². The van der Waals surface area contributed by atoms with Crippen LogP contribution in [0, 0.1) is 5.82 Å². The summed E-state index contributed by atoms with van der Waals surface area (Å²) in [6, 6.07) is 13.3. The van der Waals surface area contributed by atoms with Gasteiger partial charge in [0.25, 0.3) is 5.91 Å². The van der Waals surface area contributed by atoms with Gasteiger partial charge in [-0.2, -0.15) is 0 Å². The number of likely N-dealkylation sites (N-methyl/N-ethyl adjacent to an activating group) is 2. The first-order valence-corrected chi connectivity index (χ1v) is 7.93. The van der Waals surface area contributed by atoms with Gasteiger partial charge in [-0.25, -0.2) is 4.39 Å². The second-order valence-electron chi connectivity index (χ2n) is 5.72. The Hall–Kier alpha value is -2.95. The quantitative estimate of drug-likeness (QED) is 0.757. The molecule has 0 aliphatic heterocycles. The highest BCUT2D eigenvalue weighted by atomic mass is 19.1.